The number of para-hydroxylation sites is 1. The Morgan fingerprint density at radius 1 is 1.11 bits per heavy atom. The Kier molecular flexibility index (Phi) is 5.49. The fourth-order valence-corrected chi connectivity index (χ4v) is 2.37. The minimum absolute atomic E-state index is 0.230. The van der Waals surface area contributed by atoms with E-state index in [0.717, 1.165) is 5.56 Å². The van der Waals surface area contributed by atoms with Gasteiger partial charge < -0.3 is 9.84 Å². The molecule has 0 unspecified atom stereocenters. The second-order valence-corrected chi connectivity index (χ2v) is 5.74. The van der Waals surface area contributed by atoms with Crippen LogP contribution in [0.2, 0.25) is 0 Å². The molecule has 1 N–H and O–H groups in total. The minimum atomic E-state index is -4.37. The van der Waals surface area contributed by atoms with Gasteiger partial charge in [0.25, 0.3) is 0 Å². The first-order valence-electron chi connectivity index (χ1n) is 8.08. The van der Waals surface area contributed by atoms with E-state index in [-0.39, 0.29) is 6.42 Å². The molecule has 0 saturated heterocycles. The largest absolute Gasteiger partial charge is 0.389 e. The highest BCUT2D eigenvalue weighted by atomic mass is 19.4. The lowest BCUT2D eigenvalue weighted by atomic mass is 10.1. The van der Waals surface area contributed by atoms with E-state index in [1.165, 1.54) is 0 Å². The molecule has 1 amide bonds. The summed E-state index contributed by atoms with van der Waals surface area (Å²) in [4.78, 5) is 20.0. The van der Waals surface area contributed by atoms with Gasteiger partial charge in [0, 0.05) is 30.1 Å². The number of hydrogen-bond donors (Lipinski definition) is 1. The third-order valence-corrected chi connectivity index (χ3v) is 3.68. The Bertz CT molecular complexity index is 910. The topological polar surface area (TPSA) is 80.9 Å². The highest BCUT2D eigenvalue weighted by molar-refractivity contribution is 5.91. The van der Waals surface area contributed by atoms with E-state index in [4.69, 9.17) is 4.52 Å². The van der Waals surface area contributed by atoms with Crippen molar-refractivity contribution >= 4 is 11.6 Å². The standard InChI is InChI=1S/C18H15F3N4O2/c19-18(20,21)8-5-15(26)23-14-4-2-1-3-13(14)11-16-24-17(25-27-16)12-6-9-22-10-7-12/h1-4,6-7,9-10H,5,8,11H2,(H,23,26). The van der Waals surface area contributed by atoms with Crippen molar-refractivity contribution in [2.45, 2.75) is 25.4 Å². The molecule has 6 nitrogen and oxygen atoms in total. The number of nitrogens with one attached hydrogen (secondary N) is 1. The Morgan fingerprint density at radius 2 is 1.85 bits per heavy atom. The highest BCUT2D eigenvalue weighted by Crippen LogP contribution is 2.23. The molecule has 140 valence electrons. The van der Waals surface area contributed by atoms with Crippen molar-refractivity contribution < 1.29 is 22.5 Å². The number of amides is 1. The maximum Gasteiger partial charge on any atom is 0.389 e. The van der Waals surface area contributed by atoms with Crippen molar-refractivity contribution in [3.63, 3.8) is 0 Å². The Labute approximate surface area is 152 Å². The number of alkyl halides is 3. The molecule has 2 heterocycles. The van der Waals surface area contributed by atoms with Crippen LogP contribution in [0.3, 0.4) is 0 Å². The highest BCUT2D eigenvalue weighted by Gasteiger charge is 2.28. The average molecular weight is 376 g/mol. The molecule has 0 atom stereocenters. The predicted octanol–water partition coefficient (Wildman–Crippen LogP) is 4.00. The number of pyridine rings is 1. The van der Waals surface area contributed by atoms with Gasteiger partial charge in [-0.3, -0.25) is 9.78 Å². The average Bonchev–Trinajstić information content (AvgIpc) is 3.10. The van der Waals surface area contributed by atoms with Crippen LogP contribution in [0, 0.1) is 0 Å². The molecule has 0 aliphatic rings. The number of nitrogens with zero attached hydrogens (tertiary/aromatic N) is 3. The zero-order valence-electron chi connectivity index (χ0n) is 14.0. The SMILES string of the molecule is O=C(CCC(F)(F)F)Nc1ccccc1Cc1nc(-c2ccncc2)no1. The molecule has 0 aliphatic carbocycles. The summed E-state index contributed by atoms with van der Waals surface area (Å²) in [6.07, 6.45) is -2.73. The number of carbonyl (C=O) groups excluding carboxylic acids is 1. The van der Waals surface area contributed by atoms with Crippen LogP contribution in [-0.2, 0) is 11.2 Å². The van der Waals surface area contributed by atoms with Gasteiger partial charge in [0.15, 0.2) is 0 Å². The summed E-state index contributed by atoms with van der Waals surface area (Å²) >= 11 is 0. The Hall–Kier alpha value is -3.23. The van der Waals surface area contributed by atoms with Crippen molar-refractivity contribution in [3.05, 3.63) is 60.2 Å². The van der Waals surface area contributed by atoms with E-state index in [0.29, 0.717) is 23.0 Å². The van der Waals surface area contributed by atoms with Gasteiger partial charge in [0.05, 0.1) is 12.8 Å². The van der Waals surface area contributed by atoms with Crippen LogP contribution in [0.25, 0.3) is 11.4 Å². The van der Waals surface area contributed by atoms with Gasteiger partial charge in [-0.2, -0.15) is 18.2 Å². The molecule has 0 bridgehead atoms. The summed E-state index contributed by atoms with van der Waals surface area (Å²) in [5.74, 6) is 0.0145. The molecule has 0 aliphatic heterocycles. The fourth-order valence-electron chi connectivity index (χ4n) is 2.37. The monoisotopic (exact) mass is 376 g/mol. The van der Waals surface area contributed by atoms with E-state index >= 15 is 0 Å². The van der Waals surface area contributed by atoms with E-state index in [1.54, 1.807) is 48.8 Å². The summed E-state index contributed by atoms with van der Waals surface area (Å²) in [6.45, 7) is 0. The lowest BCUT2D eigenvalue weighted by Gasteiger charge is -2.10. The smallest absolute Gasteiger partial charge is 0.339 e. The van der Waals surface area contributed by atoms with Crippen molar-refractivity contribution in [3.8, 4) is 11.4 Å². The molecule has 1 aromatic carbocycles. The molecule has 9 heteroatoms. The Morgan fingerprint density at radius 3 is 2.59 bits per heavy atom. The number of aromatic nitrogens is 3. The third-order valence-electron chi connectivity index (χ3n) is 3.68. The van der Waals surface area contributed by atoms with Crippen molar-refractivity contribution in [2.75, 3.05) is 5.32 Å². The number of anilines is 1. The zero-order valence-corrected chi connectivity index (χ0v) is 14.0. The van der Waals surface area contributed by atoms with Crippen LogP contribution in [0.15, 0.2) is 53.3 Å². The van der Waals surface area contributed by atoms with Gasteiger partial charge in [0.2, 0.25) is 17.6 Å². The first-order chi connectivity index (χ1) is 12.9. The molecule has 0 spiro atoms. The third kappa shape index (κ3) is 5.37. The maximum atomic E-state index is 12.3. The fraction of sp³-hybridized carbons (Fsp3) is 0.222. The quantitative estimate of drug-likeness (QED) is 0.703. The normalized spacial score (nSPS) is 11.4. The number of hydrogen-bond acceptors (Lipinski definition) is 5. The van der Waals surface area contributed by atoms with E-state index in [2.05, 4.69) is 20.4 Å². The van der Waals surface area contributed by atoms with Gasteiger partial charge in [0.1, 0.15) is 0 Å². The second-order valence-electron chi connectivity index (χ2n) is 5.74. The molecular formula is C18H15F3N4O2. The summed E-state index contributed by atoms with van der Waals surface area (Å²) in [7, 11) is 0. The van der Waals surface area contributed by atoms with Gasteiger partial charge >= 0.3 is 6.18 Å². The van der Waals surface area contributed by atoms with Crippen LogP contribution in [0.5, 0.6) is 0 Å². The van der Waals surface area contributed by atoms with Gasteiger partial charge in [-0.1, -0.05) is 23.4 Å². The van der Waals surface area contributed by atoms with Crippen molar-refractivity contribution in [1.82, 2.24) is 15.1 Å². The first-order valence-corrected chi connectivity index (χ1v) is 8.08. The Balaban J connectivity index is 1.69. The predicted molar refractivity (Wildman–Crippen MR) is 90.7 cm³/mol. The molecule has 3 aromatic rings. The molecule has 0 fully saturated rings. The summed E-state index contributed by atoms with van der Waals surface area (Å²) in [5, 5.41) is 6.41. The van der Waals surface area contributed by atoms with Crippen LogP contribution < -0.4 is 5.32 Å². The minimum Gasteiger partial charge on any atom is -0.339 e. The lowest BCUT2D eigenvalue weighted by Crippen LogP contribution is -2.17. The number of benzene rings is 1. The van der Waals surface area contributed by atoms with Crippen LogP contribution >= 0.6 is 0 Å². The van der Waals surface area contributed by atoms with Crippen LogP contribution in [0.4, 0.5) is 18.9 Å². The number of halogens is 3. The van der Waals surface area contributed by atoms with E-state index < -0.39 is 24.9 Å². The van der Waals surface area contributed by atoms with Crippen molar-refractivity contribution in [1.29, 1.82) is 0 Å². The number of rotatable bonds is 6. The first kappa shape index (κ1) is 18.6. The van der Waals surface area contributed by atoms with E-state index in [1.807, 2.05) is 0 Å². The molecule has 27 heavy (non-hydrogen) atoms. The van der Waals surface area contributed by atoms with E-state index in [9.17, 15) is 18.0 Å². The van der Waals surface area contributed by atoms with Crippen molar-refractivity contribution in [2.24, 2.45) is 0 Å². The second kappa shape index (κ2) is 7.98. The molecule has 0 radical (unpaired) electrons. The van der Waals surface area contributed by atoms with Gasteiger partial charge in [-0.05, 0) is 23.8 Å². The van der Waals surface area contributed by atoms with Crippen LogP contribution in [0.1, 0.15) is 24.3 Å². The zero-order chi connectivity index (χ0) is 19.3. The molecule has 3 rings (SSSR count). The lowest BCUT2D eigenvalue weighted by molar-refractivity contribution is -0.142. The molecule has 0 saturated carbocycles. The maximum absolute atomic E-state index is 12.3. The summed E-state index contributed by atoms with van der Waals surface area (Å²) in [6, 6.07) is 10.3. The van der Waals surface area contributed by atoms with Crippen LogP contribution in [-0.4, -0.2) is 27.2 Å². The molecule has 2 aromatic heterocycles. The summed E-state index contributed by atoms with van der Waals surface area (Å²) < 4.78 is 42.0. The number of carbonyl (C=O) groups is 1. The molecular weight excluding hydrogens is 361 g/mol. The van der Waals surface area contributed by atoms with Gasteiger partial charge in [-0.25, -0.2) is 0 Å². The van der Waals surface area contributed by atoms with Gasteiger partial charge in [-0.15, -0.1) is 0 Å². The summed E-state index contributed by atoms with van der Waals surface area (Å²) in [5.41, 5.74) is 1.81.